The zero-order valence-corrected chi connectivity index (χ0v) is 10.5. The lowest BCUT2D eigenvalue weighted by Gasteiger charge is -2.21. The van der Waals surface area contributed by atoms with Crippen molar-refractivity contribution in [2.24, 2.45) is 0 Å². The molecule has 0 bridgehead atoms. The van der Waals surface area contributed by atoms with Crippen molar-refractivity contribution < 1.29 is 14.7 Å². The number of rotatable bonds is 4. The van der Waals surface area contributed by atoms with Crippen molar-refractivity contribution in [3.63, 3.8) is 0 Å². The summed E-state index contributed by atoms with van der Waals surface area (Å²) < 4.78 is 0. The molecule has 5 nitrogen and oxygen atoms in total. The van der Waals surface area contributed by atoms with Gasteiger partial charge in [0.05, 0.1) is 6.42 Å². The van der Waals surface area contributed by atoms with Gasteiger partial charge in [-0.15, -0.1) is 0 Å². The highest BCUT2D eigenvalue weighted by atomic mass is 16.4. The number of carbonyl (C=O) groups excluding carboxylic acids is 1. The van der Waals surface area contributed by atoms with E-state index in [0.29, 0.717) is 6.54 Å². The van der Waals surface area contributed by atoms with Crippen LogP contribution in [0.5, 0.6) is 0 Å². The van der Waals surface area contributed by atoms with Crippen LogP contribution in [0.1, 0.15) is 24.8 Å². The molecule has 2 rings (SSSR count). The Morgan fingerprint density at radius 2 is 2.37 bits per heavy atom. The number of hydrogen-bond donors (Lipinski definition) is 1. The summed E-state index contributed by atoms with van der Waals surface area (Å²) in [5.74, 6) is -0.992. The lowest BCUT2D eigenvalue weighted by Crippen LogP contribution is -2.35. The first-order valence-corrected chi connectivity index (χ1v) is 6.27. The van der Waals surface area contributed by atoms with Gasteiger partial charge in [-0.05, 0) is 30.5 Å². The molecule has 1 atom stereocenters. The van der Waals surface area contributed by atoms with Gasteiger partial charge in [0.1, 0.15) is 0 Å². The second-order valence-corrected chi connectivity index (χ2v) is 4.55. The number of carboxylic acid groups (broad SMARTS) is 1. The van der Waals surface area contributed by atoms with Crippen LogP contribution in [0, 0.1) is 0 Å². The number of nitrogens with zero attached hydrogens (tertiary/aromatic N) is 2. The lowest BCUT2D eigenvalue weighted by molar-refractivity contribution is -0.139. The lowest BCUT2D eigenvalue weighted by atomic mass is 10.1. The maximum Gasteiger partial charge on any atom is 0.305 e. The fraction of sp³-hybridized carbons (Fsp3) is 0.357. The van der Waals surface area contributed by atoms with Gasteiger partial charge in [0.2, 0.25) is 5.91 Å². The van der Waals surface area contributed by atoms with Crippen molar-refractivity contribution in [1.29, 1.82) is 0 Å². The fourth-order valence-corrected chi connectivity index (χ4v) is 2.28. The Hall–Kier alpha value is -2.17. The first-order valence-electron chi connectivity index (χ1n) is 6.27. The molecule has 2 heterocycles. The molecule has 1 aliphatic heterocycles. The number of aromatic nitrogens is 1. The van der Waals surface area contributed by atoms with Crippen LogP contribution in [0.2, 0.25) is 0 Å². The summed E-state index contributed by atoms with van der Waals surface area (Å²) in [6, 6.07) is 3.48. The van der Waals surface area contributed by atoms with Crippen LogP contribution < -0.4 is 0 Å². The highest BCUT2D eigenvalue weighted by Gasteiger charge is 2.28. The summed E-state index contributed by atoms with van der Waals surface area (Å²) in [6.45, 7) is 0.633. The minimum Gasteiger partial charge on any atom is -0.481 e. The van der Waals surface area contributed by atoms with Gasteiger partial charge in [-0.25, -0.2) is 0 Å². The number of hydrogen-bond acceptors (Lipinski definition) is 3. The third-order valence-corrected chi connectivity index (χ3v) is 3.17. The quantitative estimate of drug-likeness (QED) is 0.834. The van der Waals surface area contributed by atoms with Gasteiger partial charge in [-0.2, -0.15) is 0 Å². The molecule has 1 aromatic heterocycles. The van der Waals surface area contributed by atoms with Crippen molar-refractivity contribution in [2.45, 2.75) is 25.3 Å². The third kappa shape index (κ3) is 3.64. The molecule has 5 heteroatoms. The van der Waals surface area contributed by atoms with Gasteiger partial charge in [-0.3, -0.25) is 14.6 Å². The number of likely N-dealkylation sites (tertiary alicyclic amines) is 1. The van der Waals surface area contributed by atoms with Crippen LogP contribution in [0.4, 0.5) is 0 Å². The number of amides is 1. The Kier molecular flexibility index (Phi) is 4.28. The third-order valence-electron chi connectivity index (χ3n) is 3.17. The average molecular weight is 260 g/mol. The summed E-state index contributed by atoms with van der Waals surface area (Å²) in [5.41, 5.74) is 0.852. The van der Waals surface area contributed by atoms with E-state index in [4.69, 9.17) is 5.11 Å². The second-order valence-electron chi connectivity index (χ2n) is 4.55. The molecule has 1 aliphatic rings. The molecule has 0 spiro atoms. The Bertz CT molecular complexity index is 485. The van der Waals surface area contributed by atoms with Crippen LogP contribution in [-0.4, -0.2) is 39.5 Å². The molecule has 0 radical (unpaired) electrons. The average Bonchev–Trinajstić information content (AvgIpc) is 2.84. The van der Waals surface area contributed by atoms with Gasteiger partial charge < -0.3 is 10.0 Å². The molecule has 1 unspecified atom stereocenters. The second kappa shape index (κ2) is 6.13. The summed E-state index contributed by atoms with van der Waals surface area (Å²) in [6.07, 6.45) is 8.17. The molecule has 1 aromatic rings. The van der Waals surface area contributed by atoms with E-state index < -0.39 is 5.97 Å². The van der Waals surface area contributed by atoms with Gasteiger partial charge in [0.25, 0.3) is 0 Å². The number of aliphatic carboxylic acids is 1. The van der Waals surface area contributed by atoms with Crippen LogP contribution in [0.3, 0.4) is 0 Å². The van der Waals surface area contributed by atoms with Crippen LogP contribution in [0.15, 0.2) is 30.6 Å². The van der Waals surface area contributed by atoms with E-state index in [-0.39, 0.29) is 18.4 Å². The Balaban J connectivity index is 1.99. The first-order chi connectivity index (χ1) is 9.16. The van der Waals surface area contributed by atoms with Crippen molar-refractivity contribution in [2.75, 3.05) is 6.54 Å². The minimum absolute atomic E-state index is 0.0203. The van der Waals surface area contributed by atoms with Crippen LogP contribution >= 0.6 is 0 Å². The molecular weight excluding hydrogens is 244 g/mol. The fourth-order valence-electron chi connectivity index (χ4n) is 2.28. The smallest absolute Gasteiger partial charge is 0.305 e. The Labute approximate surface area is 111 Å². The molecule has 19 heavy (non-hydrogen) atoms. The van der Waals surface area contributed by atoms with E-state index in [1.807, 2.05) is 6.07 Å². The monoisotopic (exact) mass is 260 g/mol. The molecule has 1 N–H and O–H groups in total. The van der Waals surface area contributed by atoms with Crippen molar-refractivity contribution in [3.05, 3.63) is 36.2 Å². The summed E-state index contributed by atoms with van der Waals surface area (Å²) in [7, 11) is 0. The normalized spacial score (nSPS) is 18.9. The number of pyridine rings is 1. The molecule has 1 saturated heterocycles. The van der Waals surface area contributed by atoms with E-state index >= 15 is 0 Å². The van der Waals surface area contributed by atoms with Crippen LogP contribution in [-0.2, 0) is 9.59 Å². The largest absolute Gasteiger partial charge is 0.481 e. The molecule has 100 valence electrons. The zero-order valence-electron chi connectivity index (χ0n) is 10.5. The maximum absolute atomic E-state index is 12.0. The SMILES string of the molecule is O=C(O)CC1CCCN1C(=O)C=Cc1cccnc1. The van der Waals surface area contributed by atoms with Crippen molar-refractivity contribution >= 4 is 18.0 Å². The molecule has 0 aromatic carbocycles. The molecule has 0 aliphatic carbocycles. The van der Waals surface area contributed by atoms with E-state index in [9.17, 15) is 9.59 Å². The van der Waals surface area contributed by atoms with E-state index in [1.165, 1.54) is 6.08 Å². The predicted octanol–water partition coefficient (Wildman–Crippen LogP) is 1.56. The summed E-state index contributed by atoms with van der Waals surface area (Å²) in [5, 5.41) is 8.82. The van der Waals surface area contributed by atoms with E-state index in [1.54, 1.807) is 29.4 Å². The molecular formula is C14H16N2O3. The number of carbonyl (C=O) groups is 2. The Morgan fingerprint density at radius 1 is 1.53 bits per heavy atom. The Morgan fingerprint density at radius 3 is 3.05 bits per heavy atom. The molecule has 0 saturated carbocycles. The van der Waals surface area contributed by atoms with Crippen molar-refractivity contribution in [3.8, 4) is 0 Å². The predicted molar refractivity (Wildman–Crippen MR) is 70.3 cm³/mol. The molecule has 1 fully saturated rings. The van der Waals surface area contributed by atoms with Crippen molar-refractivity contribution in [1.82, 2.24) is 9.88 Å². The van der Waals surface area contributed by atoms with Crippen LogP contribution in [0.25, 0.3) is 6.08 Å². The van der Waals surface area contributed by atoms with Gasteiger partial charge in [0, 0.05) is 31.1 Å². The van der Waals surface area contributed by atoms with Gasteiger partial charge in [0.15, 0.2) is 0 Å². The zero-order chi connectivity index (χ0) is 13.7. The number of carboxylic acids is 1. The summed E-state index contributed by atoms with van der Waals surface area (Å²) in [4.78, 5) is 28.4. The van der Waals surface area contributed by atoms with E-state index in [0.717, 1.165) is 18.4 Å². The first kappa shape index (κ1) is 13.3. The summed E-state index contributed by atoms with van der Waals surface area (Å²) >= 11 is 0. The highest BCUT2D eigenvalue weighted by molar-refractivity contribution is 5.92. The van der Waals surface area contributed by atoms with Gasteiger partial charge in [-0.1, -0.05) is 6.07 Å². The van der Waals surface area contributed by atoms with E-state index in [2.05, 4.69) is 4.98 Å². The van der Waals surface area contributed by atoms with Gasteiger partial charge >= 0.3 is 5.97 Å². The molecule has 1 amide bonds. The standard InChI is InChI=1S/C14H16N2O3/c17-13(6-5-11-3-1-7-15-10-11)16-8-2-4-12(16)9-14(18)19/h1,3,5-7,10,12H,2,4,8-9H2,(H,18,19). The minimum atomic E-state index is -0.860. The maximum atomic E-state index is 12.0. The highest BCUT2D eigenvalue weighted by Crippen LogP contribution is 2.20. The topological polar surface area (TPSA) is 70.5 Å².